The lowest BCUT2D eigenvalue weighted by atomic mass is 10.0. The molecule has 0 atom stereocenters. The maximum Gasteiger partial charge on any atom is 0.313 e. The van der Waals surface area contributed by atoms with E-state index in [1.807, 2.05) is 0 Å². The molecule has 0 aliphatic heterocycles. The third-order valence-electron chi connectivity index (χ3n) is 2.04. The SMILES string of the molecule is COC(=O)CC(=O)c1ccc(F)cc1CBr. The lowest BCUT2D eigenvalue weighted by Crippen LogP contribution is -2.11. The fraction of sp³-hybridized carbons (Fsp3) is 0.273. The van der Waals surface area contributed by atoms with Crippen LogP contribution in [0.5, 0.6) is 0 Å². The first kappa shape index (κ1) is 12.8. The standard InChI is InChI=1S/C11H10BrFO3/c1-16-11(15)5-10(14)9-3-2-8(13)4-7(9)6-12/h2-4H,5-6H2,1H3. The molecule has 3 nitrogen and oxygen atoms in total. The molecule has 5 heteroatoms. The first-order chi connectivity index (χ1) is 7.58. The van der Waals surface area contributed by atoms with E-state index in [2.05, 4.69) is 20.7 Å². The fourth-order valence-electron chi connectivity index (χ4n) is 1.24. The fourth-order valence-corrected chi connectivity index (χ4v) is 1.71. The lowest BCUT2D eigenvalue weighted by molar-refractivity contribution is -0.139. The van der Waals surface area contributed by atoms with E-state index in [0.29, 0.717) is 16.5 Å². The maximum atomic E-state index is 12.9. The van der Waals surface area contributed by atoms with E-state index >= 15 is 0 Å². The number of carbonyl (C=O) groups excluding carboxylic acids is 2. The van der Waals surface area contributed by atoms with Gasteiger partial charge in [0.2, 0.25) is 0 Å². The van der Waals surface area contributed by atoms with Crippen LogP contribution in [-0.2, 0) is 14.9 Å². The Morgan fingerprint density at radius 1 is 1.44 bits per heavy atom. The highest BCUT2D eigenvalue weighted by atomic mass is 79.9. The zero-order chi connectivity index (χ0) is 12.1. The molecule has 1 aromatic rings. The number of methoxy groups -OCH3 is 1. The quantitative estimate of drug-likeness (QED) is 0.370. The van der Waals surface area contributed by atoms with Crippen LogP contribution in [0.2, 0.25) is 0 Å². The number of esters is 1. The number of alkyl halides is 1. The van der Waals surface area contributed by atoms with Crippen molar-refractivity contribution in [3.05, 3.63) is 35.1 Å². The molecule has 0 aliphatic rings. The summed E-state index contributed by atoms with van der Waals surface area (Å²) in [5, 5.41) is 0.354. The van der Waals surface area contributed by atoms with Gasteiger partial charge < -0.3 is 4.74 Å². The highest BCUT2D eigenvalue weighted by molar-refractivity contribution is 9.08. The third kappa shape index (κ3) is 3.13. The minimum Gasteiger partial charge on any atom is -0.469 e. The number of benzene rings is 1. The molecule has 86 valence electrons. The molecule has 0 bridgehead atoms. The van der Waals surface area contributed by atoms with Gasteiger partial charge in [-0.15, -0.1) is 0 Å². The second-order valence-electron chi connectivity index (χ2n) is 3.11. The molecule has 0 heterocycles. The van der Waals surface area contributed by atoms with Crippen LogP contribution in [0.3, 0.4) is 0 Å². The molecule has 0 unspecified atom stereocenters. The van der Waals surface area contributed by atoms with Crippen molar-refractivity contribution >= 4 is 27.7 Å². The number of halogens is 2. The van der Waals surface area contributed by atoms with E-state index in [1.165, 1.54) is 25.3 Å². The second-order valence-corrected chi connectivity index (χ2v) is 3.67. The van der Waals surface area contributed by atoms with Gasteiger partial charge in [0.15, 0.2) is 5.78 Å². The third-order valence-corrected chi connectivity index (χ3v) is 2.65. The van der Waals surface area contributed by atoms with Gasteiger partial charge in [0, 0.05) is 10.9 Å². The predicted octanol–water partition coefficient (Wildman–Crippen LogP) is 2.47. The van der Waals surface area contributed by atoms with Crippen molar-refractivity contribution in [2.24, 2.45) is 0 Å². The molecule has 0 spiro atoms. The average Bonchev–Trinajstić information content (AvgIpc) is 2.28. The van der Waals surface area contributed by atoms with Crippen LogP contribution in [0.4, 0.5) is 4.39 Å². The summed E-state index contributed by atoms with van der Waals surface area (Å²) in [6.45, 7) is 0. The second kappa shape index (κ2) is 5.75. The van der Waals surface area contributed by atoms with E-state index in [4.69, 9.17) is 0 Å². The van der Waals surface area contributed by atoms with Gasteiger partial charge >= 0.3 is 5.97 Å². The van der Waals surface area contributed by atoms with Crippen molar-refractivity contribution in [3.8, 4) is 0 Å². The summed E-state index contributed by atoms with van der Waals surface area (Å²) in [4.78, 5) is 22.6. The van der Waals surface area contributed by atoms with E-state index in [9.17, 15) is 14.0 Å². The summed E-state index contributed by atoms with van der Waals surface area (Å²) in [7, 11) is 1.21. The number of hydrogen-bond acceptors (Lipinski definition) is 3. The minimum absolute atomic E-state index is 0.331. The highest BCUT2D eigenvalue weighted by Gasteiger charge is 2.15. The van der Waals surface area contributed by atoms with Crippen LogP contribution in [0.1, 0.15) is 22.3 Å². The zero-order valence-corrected chi connectivity index (χ0v) is 10.2. The Hall–Kier alpha value is -1.23. The Morgan fingerprint density at radius 3 is 2.69 bits per heavy atom. The van der Waals surface area contributed by atoms with Gasteiger partial charge in [-0.05, 0) is 23.8 Å². The average molecular weight is 289 g/mol. The van der Waals surface area contributed by atoms with Crippen molar-refractivity contribution in [1.29, 1.82) is 0 Å². The molecule has 16 heavy (non-hydrogen) atoms. The Kier molecular flexibility index (Phi) is 4.61. The van der Waals surface area contributed by atoms with Crippen LogP contribution in [-0.4, -0.2) is 18.9 Å². The van der Waals surface area contributed by atoms with Gasteiger partial charge in [-0.3, -0.25) is 9.59 Å². The van der Waals surface area contributed by atoms with Crippen LogP contribution in [0, 0.1) is 5.82 Å². The van der Waals surface area contributed by atoms with Crippen molar-refractivity contribution < 1.29 is 18.7 Å². The number of rotatable bonds is 4. The molecule has 0 saturated carbocycles. The molecular formula is C11H10BrFO3. The largest absolute Gasteiger partial charge is 0.469 e. The van der Waals surface area contributed by atoms with Crippen molar-refractivity contribution in [2.75, 3.05) is 7.11 Å². The molecule has 0 aliphatic carbocycles. The number of Topliss-reactive ketones (excluding diaryl/α,β-unsaturated/α-hetero) is 1. The number of ketones is 1. The normalized spacial score (nSPS) is 9.94. The van der Waals surface area contributed by atoms with Crippen molar-refractivity contribution in [3.63, 3.8) is 0 Å². The summed E-state index contributed by atoms with van der Waals surface area (Å²) in [6, 6.07) is 3.83. The molecule has 0 saturated heterocycles. The molecule has 0 aromatic heterocycles. The van der Waals surface area contributed by atoms with Crippen LogP contribution >= 0.6 is 15.9 Å². The first-order valence-corrected chi connectivity index (χ1v) is 5.65. The summed E-state index contributed by atoms with van der Waals surface area (Å²) in [5.41, 5.74) is 0.859. The van der Waals surface area contributed by atoms with Gasteiger partial charge in [0.05, 0.1) is 7.11 Å². The Balaban J connectivity index is 2.94. The predicted molar refractivity (Wildman–Crippen MR) is 60.0 cm³/mol. The Labute approximate surface area is 101 Å². The molecule has 1 rings (SSSR count). The Bertz CT molecular complexity index is 418. The Morgan fingerprint density at radius 2 is 2.12 bits per heavy atom. The smallest absolute Gasteiger partial charge is 0.313 e. The zero-order valence-electron chi connectivity index (χ0n) is 8.63. The molecule has 0 N–H and O–H groups in total. The van der Waals surface area contributed by atoms with Gasteiger partial charge in [-0.1, -0.05) is 15.9 Å². The lowest BCUT2D eigenvalue weighted by Gasteiger charge is -2.05. The number of hydrogen-bond donors (Lipinski definition) is 0. The molecule has 0 amide bonds. The van der Waals surface area contributed by atoms with E-state index in [0.717, 1.165) is 0 Å². The molecule has 0 radical (unpaired) electrons. The summed E-state index contributed by atoms with van der Waals surface area (Å²) < 4.78 is 17.3. The monoisotopic (exact) mass is 288 g/mol. The van der Waals surface area contributed by atoms with Gasteiger partial charge in [-0.2, -0.15) is 0 Å². The van der Waals surface area contributed by atoms with E-state index in [1.54, 1.807) is 0 Å². The topological polar surface area (TPSA) is 43.4 Å². The van der Waals surface area contributed by atoms with Gasteiger partial charge in [-0.25, -0.2) is 4.39 Å². The van der Waals surface area contributed by atoms with Crippen molar-refractivity contribution in [1.82, 2.24) is 0 Å². The van der Waals surface area contributed by atoms with Crippen LogP contribution in [0.15, 0.2) is 18.2 Å². The van der Waals surface area contributed by atoms with Crippen LogP contribution in [0.25, 0.3) is 0 Å². The summed E-state index contributed by atoms with van der Waals surface area (Å²) in [6.07, 6.45) is -0.331. The minimum atomic E-state index is -0.602. The number of carbonyl (C=O) groups is 2. The van der Waals surface area contributed by atoms with E-state index in [-0.39, 0.29) is 12.2 Å². The first-order valence-electron chi connectivity index (χ1n) is 4.53. The molecular weight excluding hydrogens is 279 g/mol. The van der Waals surface area contributed by atoms with Crippen LogP contribution < -0.4 is 0 Å². The summed E-state index contributed by atoms with van der Waals surface area (Å²) in [5.74, 6) is -1.39. The molecule has 0 fully saturated rings. The number of ether oxygens (including phenoxy) is 1. The molecule has 1 aromatic carbocycles. The maximum absolute atomic E-state index is 12.9. The van der Waals surface area contributed by atoms with Gasteiger partial charge in [0.25, 0.3) is 0 Å². The highest BCUT2D eigenvalue weighted by Crippen LogP contribution is 2.16. The van der Waals surface area contributed by atoms with Crippen molar-refractivity contribution in [2.45, 2.75) is 11.8 Å². The van der Waals surface area contributed by atoms with E-state index < -0.39 is 11.8 Å². The van der Waals surface area contributed by atoms with Gasteiger partial charge in [0.1, 0.15) is 12.2 Å². The summed E-state index contributed by atoms with van der Waals surface area (Å²) >= 11 is 3.16.